The number of hydrogen-bond donors (Lipinski definition) is 0. The molecule has 0 N–H and O–H groups in total. The van der Waals surface area contributed by atoms with Crippen molar-refractivity contribution < 1.29 is 14.3 Å². The van der Waals surface area contributed by atoms with Crippen LogP contribution in [0.1, 0.15) is 23.3 Å². The van der Waals surface area contributed by atoms with Crippen molar-refractivity contribution in [3.05, 3.63) is 22.4 Å². The molecule has 0 saturated carbocycles. The van der Waals surface area contributed by atoms with Gasteiger partial charge in [-0.25, -0.2) is 0 Å². The Kier molecular flexibility index (Phi) is 4.54. The SMILES string of the molecule is Cn1cc(Br)cc1C(=O)N1CCN(C(=O)C2CCCO2)CC1. The molecule has 1 atom stereocenters. The third-order valence-corrected chi connectivity index (χ3v) is 4.71. The molecule has 0 aromatic carbocycles. The molecule has 0 aliphatic carbocycles. The van der Waals surface area contributed by atoms with Gasteiger partial charge in [-0.15, -0.1) is 0 Å². The minimum atomic E-state index is -0.272. The Balaban J connectivity index is 1.58. The summed E-state index contributed by atoms with van der Waals surface area (Å²) < 4.78 is 8.16. The molecule has 7 heteroatoms. The highest BCUT2D eigenvalue weighted by Crippen LogP contribution is 2.18. The molecule has 0 spiro atoms. The molecule has 0 radical (unpaired) electrons. The van der Waals surface area contributed by atoms with Crippen LogP contribution in [-0.4, -0.2) is 65.1 Å². The highest BCUT2D eigenvalue weighted by Gasteiger charge is 2.31. The van der Waals surface area contributed by atoms with Crippen molar-refractivity contribution in [3.8, 4) is 0 Å². The molecule has 2 aliphatic heterocycles. The molecule has 2 fully saturated rings. The fraction of sp³-hybridized carbons (Fsp3) is 0.600. The fourth-order valence-electron chi connectivity index (χ4n) is 3.00. The van der Waals surface area contributed by atoms with Gasteiger partial charge in [-0.1, -0.05) is 0 Å². The number of ether oxygens (including phenoxy) is 1. The first-order valence-electron chi connectivity index (χ1n) is 7.58. The van der Waals surface area contributed by atoms with E-state index in [1.807, 2.05) is 28.8 Å². The van der Waals surface area contributed by atoms with Crippen molar-refractivity contribution in [2.24, 2.45) is 7.05 Å². The number of aryl methyl sites for hydroxylation is 1. The average molecular weight is 370 g/mol. The van der Waals surface area contributed by atoms with Gasteiger partial charge >= 0.3 is 0 Å². The number of rotatable bonds is 2. The summed E-state index contributed by atoms with van der Waals surface area (Å²) >= 11 is 3.38. The van der Waals surface area contributed by atoms with Crippen molar-refractivity contribution >= 4 is 27.7 Å². The van der Waals surface area contributed by atoms with Gasteiger partial charge in [0.25, 0.3) is 11.8 Å². The Labute approximate surface area is 138 Å². The first-order valence-corrected chi connectivity index (χ1v) is 8.37. The normalized spacial score (nSPS) is 22.2. The lowest BCUT2D eigenvalue weighted by atomic mass is 10.2. The number of carbonyl (C=O) groups is 2. The van der Waals surface area contributed by atoms with Gasteiger partial charge in [-0.05, 0) is 34.8 Å². The van der Waals surface area contributed by atoms with Gasteiger partial charge in [0.1, 0.15) is 11.8 Å². The fourth-order valence-corrected chi connectivity index (χ4v) is 3.53. The van der Waals surface area contributed by atoms with Crippen molar-refractivity contribution in [2.45, 2.75) is 18.9 Å². The molecule has 3 rings (SSSR count). The van der Waals surface area contributed by atoms with Crippen LogP contribution in [0.3, 0.4) is 0 Å². The third kappa shape index (κ3) is 3.05. The van der Waals surface area contributed by atoms with Gasteiger partial charge in [-0.3, -0.25) is 9.59 Å². The molecule has 2 aliphatic rings. The van der Waals surface area contributed by atoms with Gasteiger partial charge in [-0.2, -0.15) is 0 Å². The number of carbonyl (C=O) groups excluding carboxylic acids is 2. The second-order valence-corrected chi connectivity index (χ2v) is 6.69. The van der Waals surface area contributed by atoms with E-state index in [0.29, 0.717) is 38.5 Å². The first kappa shape index (κ1) is 15.6. The van der Waals surface area contributed by atoms with Crippen LogP contribution in [0.25, 0.3) is 0 Å². The van der Waals surface area contributed by atoms with Crippen LogP contribution in [0.5, 0.6) is 0 Å². The zero-order valence-corrected chi connectivity index (χ0v) is 14.2. The zero-order chi connectivity index (χ0) is 15.7. The molecular formula is C15H20BrN3O3. The van der Waals surface area contributed by atoms with E-state index in [0.717, 1.165) is 17.3 Å². The van der Waals surface area contributed by atoms with E-state index in [1.54, 1.807) is 4.90 Å². The van der Waals surface area contributed by atoms with E-state index >= 15 is 0 Å². The number of amides is 2. The van der Waals surface area contributed by atoms with Gasteiger partial charge in [0.05, 0.1) is 0 Å². The Hall–Kier alpha value is -1.34. The first-order chi connectivity index (χ1) is 10.6. The summed E-state index contributed by atoms with van der Waals surface area (Å²) in [6.07, 6.45) is 3.36. The van der Waals surface area contributed by atoms with Crippen LogP contribution in [0.2, 0.25) is 0 Å². The smallest absolute Gasteiger partial charge is 0.270 e. The molecule has 2 amide bonds. The van der Waals surface area contributed by atoms with Crippen LogP contribution in [0, 0.1) is 0 Å². The second kappa shape index (κ2) is 6.42. The minimum Gasteiger partial charge on any atom is -0.368 e. The highest BCUT2D eigenvalue weighted by atomic mass is 79.9. The molecule has 1 unspecified atom stereocenters. The van der Waals surface area contributed by atoms with Crippen LogP contribution < -0.4 is 0 Å². The second-order valence-electron chi connectivity index (χ2n) is 5.77. The van der Waals surface area contributed by atoms with Crippen LogP contribution in [-0.2, 0) is 16.6 Å². The van der Waals surface area contributed by atoms with Crippen molar-refractivity contribution in [1.29, 1.82) is 0 Å². The molecule has 120 valence electrons. The zero-order valence-electron chi connectivity index (χ0n) is 12.6. The average Bonchev–Trinajstić information content (AvgIpc) is 3.15. The quantitative estimate of drug-likeness (QED) is 0.788. The molecular weight excluding hydrogens is 350 g/mol. The summed E-state index contributed by atoms with van der Waals surface area (Å²) in [5.74, 6) is 0.0867. The predicted octanol–water partition coefficient (Wildman–Crippen LogP) is 1.25. The topological polar surface area (TPSA) is 54.8 Å². The van der Waals surface area contributed by atoms with E-state index in [2.05, 4.69) is 15.9 Å². The van der Waals surface area contributed by atoms with E-state index in [1.165, 1.54) is 0 Å². The maximum atomic E-state index is 12.5. The number of nitrogens with zero attached hydrogens (tertiary/aromatic N) is 3. The Bertz CT molecular complexity index is 573. The maximum Gasteiger partial charge on any atom is 0.270 e. The Morgan fingerprint density at radius 1 is 1.23 bits per heavy atom. The molecule has 22 heavy (non-hydrogen) atoms. The van der Waals surface area contributed by atoms with Gasteiger partial charge in [0.15, 0.2) is 0 Å². The van der Waals surface area contributed by atoms with Gasteiger partial charge < -0.3 is 19.1 Å². The van der Waals surface area contributed by atoms with E-state index in [-0.39, 0.29) is 17.9 Å². The minimum absolute atomic E-state index is 0.0115. The van der Waals surface area contributed by atoms with E-state index < -0.39 is 0 Å². The lowest BCUT2D eigenvalue weighted by Crippen LogP contribution is -2.53. The Morgan fingerprint density at radius 3 is 2.45 bits per heavy atom. The van der Waals surface area contributed by atoms with Crippen LogP contribution in [0.4, 0.5) is 0 Å². The lowest BCUT2D eigenvalue weighted by Gasteiger charge is -2.35. The molecule has 1 aromatic rings. The molecule has 3 heterocycles. The summed E-state index contributed by atoms with van der Waals surface area (Å²) in [6, 6.07) is 1.83. The summed E-state index contributed by atoms with van der Waals surface area (Å²) in [4.78, 5) is 28.4. The van der Waals surface area contributed by atoms with Crippen LogP contribution in [0.15, 0.2) is 16.7 Å². The number of halogens is 1. The summed E-state index contributed by atoms with van der Waals surface area (Å²) in [5.41, 5.74) is 0.658. The molecule has 6 nitrogen and oxygen atoms in total. The number of aromatic nitrogens is 1. The highest BCUT2D eigenvalue weighted by molar-refractivity contribution is 9.10. The van der Waals surface area contributed by atoms with E-state index in [4.69, 9.17) is 4.74 Å². The monoisotopic (exact) mass is 369 g/mol. The Morgan fingerprint density at radius 2 is 1.91 bits per heavy atom. The summed E-state index contributed by atoms with van der Waals surface area (Å²) in [5, 5.41) is 0. The summed E-state index contributed by atoms with van der Waals surface area (Å²) in [6.45, 7) is 2.98. The van der Waals surface area contributed by atoms with Crippen molar-refractivity contribution in [3.63, 3.8) is 0 Å². The third-order valence-electron chi connectivity index (χ3n) is 4.27. The van der Waals surface area contributed by atoms with Crippen molar-refractivity contribution in [2.75, 3.05) is 32.8 Å². The predicted molar refractivity (Wildman–Crippen MR) is 84.6 cm³/mol. The molecule has 0 bridgehead atoms. The standard InChI is InChI=1S/C15H20BrN3O3/c1-17-10-11(16)9-12(17)14(20)18-4-6-19(7-5-18)15(21)13-3-2-8-22-13/h9-10,13H,2-8H2,1H3. The van der Waals surface area contributed by atoms with Gasteiger partial charge in [0, 0.05) is 50.5 Å². The number of hydrogen-bond acceptors (Lipinski definition) is 3. The largest absolute Gasteiger partial charge is 0.368 e. The molecule has 1 aromatic heterocycles. The maximum absolute atomic E-state index is 12.5. The number of piperazine rings is 1. The molecule has 2 saturated heterocycles. The van der Waals surface area contributed by atoms with E-state index in [9.17, 15) is 9.59 Å². The lowest BCUT2D eigenvalue weighted by molar-refractivity contribution is -0.142. The van der Waals surface area contributed by atoms with Crippen molar-refractivity contribution in [1.82, 2.24) is 14.4 Å². The summed E-state index contributed by atoms with van der Waals surface area (Å²) in [7, 11) is 1.86. The van der Waals surface area contributed by atoms with Gasteiger partial charge in [0.2, 0.25) is 0 Å². The van der Waals surface area contributed by atoms with Crippen LogP contribution >= 0.6 is 15.9 Å².